The number of rotatable bonds is 3. The number of carbonyl (C=O) groups excluding carboxylic acids is 1. The zero-order valence-corrected chi connectivity index (χ0v) is 12.2. The van der Waals surface area contributed by atoms with Gasteiger partial charge in [0.05, 0.1) is 7.11 Å². The zero-order chi connectivity index (χ0) is 13.0. The molecule has 1 amide bonds. The highest BCUT2D eigenvalue weighted by molar-refractivity contribution is 5.94. The molecule has 0 spiro atoms. The summed E-state index contributed by atoms with van der Waals surface area (Å²) in [7, 11) is 3.48. The van der Waals surface area contributed by atoms with E-state index >= 15 is 0 Å². The number of hydrogen-bond acceptors (Lipinski definition) is 3. The third-order valence-corrected chi connectivity index (χ3v) is 3.46. The standard InChI is InChI=1S/C14H20N2O2.ClH/c1-16(12-6-4-8-15-10-12)14(17)11-5-3-7-13(9-11)18-2;/h3,5,7,9,12,15H,4,6,8,10H2,1-2H3;1H. The van der Waals surface area contributed by atoms with Crippen molar-refractivity contribution in [1.82, 2.24) is 10.2 Å². The van der Waals surface area contributed by atoms with Gasteiger partial charge in [-0.3, -0.25) is 4.79 Å². The first-order valence-corrected chi connectivity index (χ1v) is 6.34. The second-order valence-electron chi connectivity index (χ2n) is 4.65. The van der Waals surface area contributed by atoms with E-state index in [0.717, 1.165) is 31.7 Å². The van der Waals surface area contributed by atoms with Crippen molar-refractivity contribution < 1.29 is 9.53 Å². The molecule has 1 fully saturated rings. The molecule has 4 nitrogen and oxygen atoms in total. The van der Waals surface area contributed by atoms with E-state index in [1.54, 1.807) is 13.2 Å². The lowest BCUT2D eigenvalue weighted by Crippen LogP contribution is -2.46. The molecule has 1 N–H and O–H groups in total. The number of hydrogen-bond donors (Lipinski definition) is 1. The lowest BCUT2D eigenvalue weighted by molar-refractivity contribution is 0.0708. The Bertz CT molecular complexity index is 420. The van der Waals surface area contributed by atoms with Gasteiger partial charge in [0.25, 0.3) is 5.91 Å². The van der Waals surface area contributed by atoms with Crippen molar-refractivity contribution in [2.45, 2.75) is 18.9 Å². The van der Waals surface area contributed by atoms with E-state index in [1.165, 1.54) is 0 Å². The number of benzene rings is 1. The van der Waals surface area contributed by atoms with Gasteiger partial charge in [0.15, 0.2) is 0 Å². The van der Waals surface area contributed by atoms with Crippen LogP contribution in [0.5, 0.6) is 5.75 Å². The van der Waals surface area contributed by atoms with Gasteiger partial charge in [-0.15, -0.1) is 12.4 Å². The summed E-state index contributed by atoms with van der Waals surface area (Å²) in [5, 5.41) is 3.33. The molecule has 1 atom stereocenters. The SMILES string of the molecule is COc1cccc(C(=O)N(C)C2CCCNC2)c1.Cl. The van der Waals surface area contributed by atoms with E-state index in [4.69, 9.17) is 4.74 Å². The summed E-state index contributed by atoms with van der Waals surface area (Å²) in [6, 6.07) is 7.60. The van der Waals surface area contributed by atoms with Crippen molar-refractivity contribution in [3.8, 4) is 5.75 Å². The molecule has 1 aliphatic heterocycles. The Hall–Kier alpha value is -1.26. The maximum atomic E-state index is 12.4. The molecular weight excluding hydrogens is 264 g/mol. The van der Waals surface area contributed by atoms with Crippen LogP contribution >= 0.6 is 12.4 Å². The second-order valence-corrected chi connectivity index (χ2v) is 4.65. The highest BCUT2D eigenvalue weighted by Gasteiger charge is 2.22. The Morgan fingerprint density at radius 1 is 1.47 bits per heavy atom. The van der Waals surface area contributed by atoms with Crippen LogP contribution in [0.1, 0.15) is 23.2 Å². The van der Waals surface area contributed by atoms with Gasteiger partial charge in [0, 0.05) is 25.2 Å². The van der Waals surface area contributed by atoms with Gasteiger partial charge in [-0.25, -0.2) is 0 Å². The highest BCUT2D eigenvalue weighted by atomic mass is 35.5. The van der Waals surface area contributed by atoms with E-state index in [9.17, 15) is 4.79 Å². The molecule has 19 heavy (non-hydrogen) atoms. The first kappa shape index (κ1) is 15.8. The van der Waals surface area contributed by atoms with Crippen LogP contribution < -0.4 is 10.1 Å². The van der Waals surface area contributed by atoms with Crippen molar-refractivity contribution >= 4 is 18.3 Å². The largest absolute Gasteiger partial charge is 0.497 e. The number of nitrogens with zero attached hydrogens (tertiary/aromatic N) is 1. The fourth-order valence-corrected chi connectivity index (χ4v) is 2.29. The van der Waals surface area contributed by atoms with Gasteiger partial charge in [-0.1, -0.05) is 6.07 Å². The molecule has 1 aromatic rings. The minimum absolute atomic E-state index is 0. The Labute approximate surface area is 120 Å². The minimum Gasteiger partial charge on any atom is -0.497 e. The zero-order valence-electron chi connectivity index (χ0n) is 11.4. The quantitative estimate of drug-likeness (QED) is 0.922. The summed E-state index contributed by atoms with van der Waals surface area (Å²) in [4.78, 5) is 14.2. The fraction of sp³-hybridized carbons (Fsp3) is 0.500. The van der Waals surface area contributed by atoms with Crippen LogP contribution in [-0.2, 0) is 0 Å². The smallest absolute Gasteiger partial charge is 0.254 e. The number of ether oxygens (including phenoxy) is 1. The van der Waals surface area contributed by atoms with Crippen LogP contribution in [0.25, 0.3) is 0 Å². The number of nitrogens with one attached hydrogen (secondary N) is 1. The van der Waals surface area contributed by atoms with E-state index in [1.807, 2.05) is 30.1 Å². The monoisotopic (exact) mass is 284 g/mol. The van der Waals surface area contributed by atoms with E-state index in [0.29, 0.717) is 5.56 Å². The van der Waals surface area contributed by atoms with Gasteiger partial charge in [0.2, 0.25) is 0 Å². The van der Waals surface area contributed by atoms with Gasteiger partial charge in [-0.2, -0.15) is 0 Å². The summed E-state index contributed by atoms with van der Waals surface area (Å²) in [5.41, 5.74) is 0.683. The molecule has 0 saturated carbocycles. The molecule has 1 aliphatic rings. The molecule has 1 heterocycles. The molecule has 1 unspecified atom stereocenters. The number of piperidine rings is 1. The van der Waals surface area contributed by atoms with Crippen LogP contribution in [0.4, 0.5) is 0 Å². The number of methoxy groups -OCH3 is 1. The number of amides is 1. The third kappa shape index (κ3) is 3.85. The maximum absolute atomic E-state index is 12.4. The number of halogens is 1. The fourth-order valence-electron chi connectivity index (χ4n) is 2.29. The summed E-state index contributed by atoms with van der Waals surface area (Å²) in [6.45, 7) is 1.93. The van der Waals surface area contributed by atoms with Crippen molar-refractivity contribution in [2.24, 2.45) is 0 Å². The predicted molar refractivity (Wildman–Crippen MR) is 78.2 cm³/mol. The first-order chi connectivity index (χ1) is 8.72. The maximum Gasteiger partial charge on any atom is 0.254 e. The molecule has 1 aromatic carbocycles. The Morgan fingerprint density at radius 3 is 2.89 bits per heavy atom. The van der Waals surface area contributed by atoms with Crippen molar-refractivity contribution in [2.75, 3.05) is 27.2 Å². The molecule has 5 heteroatoms. The van der Waals surface area contributed by atoms with Crippen LogP contribution in [0.3, 0.4) is 0 Å². The lowest BCUT2D eigenvalue weighted by Gasteiger charge is -2.31. The average molecular weight is 285 g/mol. The average Bonchev–Trinajstić information content (AvgIpc) is 2.46. The van der Waals surface area contributed by atoms with Crippen LogP contribution in [-0.4, -0.2) is 44.1 Å². The summed E-state index contributed by atoms with van der Waals surface area (Å²) < 4.78 is 5.15. The first-order valence-electron chi connectivity index (χ1n) is 6.34. The van der Waals surface area contributed by atoms with Gasteiger partial charge in [-0.05, 0) is 37.6 Å². The summed E-state index contributed by atoms with van der Waals surface area (Å²) in [5.74, 6) is 0.776. The Balaban J connectivity index is 0.00000180. The molecule has 106 valence electrons. The van der Waals surface area contributed by atoms with Crippen molar-refractivity contribution in [3.63, 3.8) is 0 Å². The number of carbonyl (C=O) groups is 1. The van der Waals surface area contributed by atoms with Crippen LogP contribution in [0.2, 0.25) is 0 Å². The van der Waals surface area contributed by atoms with Crippen LogP contribution in [0, 0.1) is 0 Å². The molecular formula is C14H21ClN2O2. The minimum atomic E-state index is 0. The highest BCUT2D eigenvalue weighted by Crippen LogP contribution is 2.16. The molecule has 0 bridgehead atoms. The summed E-state index contributed by atoms with van der Waals surface area (Å²) in [6.07, 6.45) is 2.19. The Morgan fingerprint density at radius 2 is 2.26 bits per heavy atom. The molecule has 0 aromatic heterocycles. The van der Waals surface area contributed by atoms with Gasteiger partial charge < -0.3 is 15.0 Å². The van der Waals surface area contributed by atoms with Crippen molar-refractivity contribution in [3.05, 3.63) is 29.8 Å². The number of likely N-dealkylation sites (N-methyl/N-ethyl adjacent to an activating group) is 1. The second kappa shape index (κ2) is 7.36. The van der Waals surface area contributed by atoms with Crippen molar-refractivity contribution in [1.29, 1.82) is 0 Å². The summed E-state index contributed by atoms with van der Waals surface area (Å²) >= 11 is 0. The lowest BCUT2D eigenvalue weighted by atomic mass is 10.1. The topological polar surface area (TPSA) is 41.6 Å². The van der Waals surface area contributed by atoms with E-state index in [-0.39, 0.29) is 24.4 Å². The van der Waals surface area contributed by atoms with Gasteiger partial charge in [0.1, 0.15) is 5.75 Å². The normalized spacial score (nSPS) is 18.3. The van der Waals surface area contributed by atoms with Crippen LogP contribution in [0.15, 0.2) is 24.3 Å². The molecule has 0 radical (unpaired) electrons. The van der Waals surface area contributed by atoms with E-state index < -0.39 is 0 Å². The Kier molecular flexibility index (Phi) is 6.12. The predicted octanol–water partition coefficient (Wildman–Crippen LogP) is 1.94. The molecule has 1 saturated heterocycles. The molecule has 2 rings (SSSR count). The third-order valence-electron chi connectivity index (χ3n) is 3.46. The van der Waals surface area contributed by atoms with E-state index in [2.05, 4.69) is 5.32 Å². The molecule has 0 aliphatic carbocycles. The van der Waals surface area contributed by atoms with Gasteiger partial charge >= 0.3 is 0 Å².